The molecular formula is C27H24N2O3S2. The third-order valence-electron chi connectivity index (χ3n) is 5.27. The molecule has 1 N–H and O–H groups in total. The predicted molar refractivity (Wildman–Crippen MR) is 142 cm³/mol. The Kier molecular flexibility index (Phi) is 7.45. The summed E-state index contributed by atoms with van der Waals surface area (Å²) >= 11 is 6.72. The van der Waals surface area contributed by atoms with Gasteiger partial charge in [-0.3, -0.25) is 14.5 Å². The summed E-state index contributed by atoms with van der Waals surface area (Å²) in [5.41, 5.74) is 4.75. The van der Waals surface area contributed by atoms with Gasteiger partial charge < -0.3 is 10.1 Å². The topological polar surface area (TPSA) is 58.6 Å². The number of rotatable bonds is 7. The molecule has 2 amide bonds. The van der Waals surface area contributed by atoms with Crippen molar-refractivity contribution in [3.8, 4) is 5.75 Å². The van der Waals surface area contributed by atoms with Gasteiger partial charge in [0.1, 0.15) is 10.1 Å². The molecule has 0 bridgehead atoms. The number of ether oxygens (including phenoxy) is 1. The summed E-state index contributed by atoms with van der Waals surface area (Å²) in [4.78, 5) is 27.3. The second kappa shape index (κ2) is 10.7. The first-order chi connectivity index (χ1) is 16.4. The van der Waals surface area contributed by atoms with Crippen LogP contribution in [0.1, 0.15) is 22.3 Å². The van der Waals surface area contributed by atoms with E-state index in [1.54, 1.807) is 17.0 Å². The van der Waals surface area contributed by atoms with Crippen LogP contribution in [-0.4, -0.2) is 27.6 Å². The molecule has 172 valence electrons. The van der Waals surface area contributed by atoms with Gasteiger partial charge in [0.15, 0.2) is 6.61 Å². The van der Waals surface area contributed by atoms with Crippen LogP contribution in [0.15, 0.2) is 77.7 Å². The van der Waals surface area contributed by atoms with Crippen LogP contribution in [0, 0.1) is 13.8 Å². The molecule has 1 fully saturated rings. The lowest BCUT2D eigenvalue weighted by Gasteiger charge is -2.14. The third kappa shape index (κ3) is 5.92. The lowest BCUT2D eigenvalue weighted by Crippen LogP contribution is -2.27. The summed E-state index contributed by atoms with van der Waals surface area (Å²) < 4.78 is 6.17. The number of amides is 2. The molecule has 0 radical (unpaired) electrons. The number of carbonyl (C=O) groups is 2. The summed E-state index contributed by atoms with van der Waals surface area (Å²) in [5.74, 6) is 0.257. The van der Waals surface area contributed by atoms with Gasteiger partial charge in [0, 0.05) is 5.69 Å². The molecule has 3 aromatic rings. The first-order valence-corrected chi connectivity index (χ1v) is 12.0. The number of thiocarbonyl (C=S) groups is 1. The molecule has 3 aromatic carbocycles. The summed E-state index contributed by atoms with van der Waals surface area (Å²) in [6.45, 7) is 4.29. The molecule has 34 heavy (non-hydrogen) atoms. The highest BCUT2D eigenvalue weighted by molar-refractivity contribution is 8.26. The van der Waals surface area contributed by atoms with Crippen LogP contribution in [0.25, 0.3) is 6.08 Å². The lowest BCUT2D eigenvalue weighted by atomic mass is 10.1. The normalized spacial score (nSPS) is 14.5. The highest BCUT2D eigenvalue weighted by atomic mass is 32.2. The number of nitrogens with zero attached hydrogens (tertiary/aromatic N) is 1. The van der Waals surface area contributed by atoms with Gasteiger partial charge in [0.25, 0.3) is 11.8 Å². The van der Waals surface area contributed by atoms with E-state index in [9.17, 15) is 9.59 Å². The van der Waals surface area contributed by atoms with E-state index >= 15 is 0 Å². The summed E-state index contributed by atoms with van der Waals surface area (Å²) in [7, 11) is 0. The number of benzene rings is 3. The van der Waals surface area contributed by atoms with Crippen molar-refractivity contribution >= 4 is 51.9 Å². The van der Waals surface area contributed by atoms with E-state index in [4.69, 9.17) is 17.0 Å². The zero-order valence-corrected chi connectivity index (χ0v) is 20.5. The van der Waals surface area contributed by atoms with Crippen molar-refractivity contribution in [1.82, 2.24) is 4.90 Å². The van der Waals surface area contributed by atoms with Crippen LogP contribution in [0.4, 0.5) is 5.69 Å². The Hall–Kier alpha value is -3.42. The van der Waals surface area contributed by atoms with Crippen LogP contribution in [-0.2, 0) is 16.1 Å². The maximum Gasteiger partial charge on any atom is 0.266 e. The van der Waals surface area contributed by atoms with Crippen LogP contribution < -0.4 is 10.1 Å². The Labute approximate surface area is 208 Å². The fourth-order valence-electron chi connectivity index (χ4n) is 3.42. The van der Waals surface area contributed by atoms with Gasteiger partial charge in [0.2, 0.25) is 0 Å². The minimum atomic E-state index is -0.222. The zero-order valence-electron chi connectivity index (χ0n) is 18.9. The zero-order chi connectivity index (χ0) is 24.1. The van der Waals surface area contributed by atoms with E-state index in [-0.39, 0.29) is 18.4 Å². The molecule has 1 saturated heterocycles. The number of carbonyl (C=O) groups excluding carboxylic acids is 2. The second-order valence-corrected chi connectivity index (χ2v) is 9.65. The Morgan fingerprint density at radius 2 is 1.79 bits per heavy atom. The van der Waals surface area contributed by atoms with Crippen LogP contribution in [0.5, 0.6) is 5.75 Å². The summed E-state index contributed by atoms with van der Waals surface area (Å²) in [6.07, 6.45) is 1.82. The monoisotopic (exact) mass is 488 g/mol. The van der Waals surface area contributed by atoms with Crippen molar-refractivity contribution in [2.45, 2.75) is 20.4 Å². The van der Waals surface area contributed by atoms with Crippen molar-refractivity contribution in [3.05, 3.63) is 100.0 Å². The summed E-state index contributed by atoms with van der Waals surface area (Å²) in [5, 5.41) is 2.88. The molecular weight excluding hydrogens is 464 g/mol. The summed E-state index contributed by atoms with van der Waals surface area (Å²) in [6, 6.07) is 23.0. The van der Waals surface area contributed by atoms with E-state index in [0.29, 0.717) is 21.5 Å². The number of hydrogen-bond acceptors (Lipinski definition) is 5. The number of hydrogen-bond donors (Lipinski definition) is 1. The van der Waals surface area contributed by atoms with Gasteiger partial charge in [-0.05, 0) is 60.4 Å². The van der Waals surface area contributed by atoms with Gasteiger partial charge in [-0.25, -0.2) is 0 Å². The molecule has 0 aromatic heterocycles. The van der Waals surface area contributed by atoms with Crippen molar-refractivity contribution in [1.29, 1.82) is 0 Å². The van der Waals surface area contributed by atoms with Crippen LogP contribution >= 0.6 is 24.0 Å². The van der Waals surface area contributed by atoms with E-state index in [1.165, 1.54) is 11.8 Å². The molecule has 1 heterocycles. The Morgan fingerprint density at radius 1 is 1.06 bits per heavy atom. The Balaban J connectivity index is 1.34. The molecule has 7 heteroatoms. The maximum absolute atomic E-state index is 12.8. The van der Waals surface area contributed by atoms with E-state index in [0.717, 1.165) is 27.9 Å². The minimum Gasteiger partial charge on any atom is -0.484 e. The minimum absolute atomic E-state index is 0.0924. The molecule has 4 rings (SSSR count). The molecule has 0 saturated carbocycles. The predicted octanol–water partition coefficient (Wildman–Crippen LogP) is 5.72. The van der Waals surface area contributed by atoms with Crippen molar-refractivity contribution in [2.75, 3.05) is 11.9 Å². The fourth-order valence-corrected chi connectivity index (χ4v) is 4.67. The van der Waals surface area contributed by atoms with Gasteiger partial charge in [-0.2, -0.15) is 0 Å². The van der Waals surface area contributed by atoms with Crippen LogP contribution in [0.2, 0.25) is 0 Å². The van der Waals surface area contributed by atoms with Gasteiger partial charge in [0.05, 0.1) is 11.4 Å². The number of thioether (sulfide) groups is 1. The Bertz CT molecular complexity index is 1250. The first-order valence-electron chi connectivity index (χ1n) is 10.8. The molecule has 5 nitrogen and oxygen atoms in total. The molecule has 0 unspecified atom stereocenters. The van der Waals surface area contributed by atoms with Gasteiger partial charge >= 0.3 is 0 Å². The number of anilines is 1. The van der Waals surface area contributed by atoms with Gasteiger partial charge in [-0.1, -0.05) is 78.6 Å². The molecule has 0 atom stereocenters. The Morgan fingerprint density at radius 3 is 2.53 bits per heavy atom. The average molecular weight is 489 g/mol. The highest BCUT2D eigenvalue weighted by Crippen LogP contribution is 2.33. The van der Waals surface area contributed by atoms with Crippen molar-refractivity contribution in [2.24, 2.45) is 0 Å². The van der Waals surface area contributed by atoms with E-state index < -0.39 is 0 Å². The standard InChI is InChI=1S/C27H24N2O3S2/c1-18-8-9-19(2)23(14-18)28-25(30)17-32-22-12-10-20(11-13-22)15-24-26(31)29(27(33)34-24)16-21-6-4-3-5-7-21/h3-15H,16-17H2,1-2H3,(H,28,30)/b24-15-. The fraction of sp³-hybridized carbons (Fsp3) is 0.148. The van der Waals surface area contributed by atoms with Gasteiger partial charge in [-0.15, -0.1) is 0 Å². The SMILES string of the molecule is Cc1ccc(C)c(NC(=O)COc2ccc(/C=C3\SC(=S)N(Cc4ccccc4)C3=O)cc2)c1. The average Bonchev–Trinajstić information content (AvgIpc) is 3.09. The number of aryl methyl sites for hydroxylation is 2. The largest absolute Gasteiger partial charge is 0.484 e. The first kappa shape index (κ1) is 23.7. The highest BCUT2D eigenvalue weighted by Gasteiger charge is 2.31. The smallest absolute Gasteiger partial charge is 0.266 e. The van der Waals surface area contributed by atoms with Crippen molar-refractivity contribution < 1.29 is 14.3 Å². The number of nitrogens with one attached hydrogen (secondary N) is 1. The van der Waals surface area contributed by atoms with Crippen molar-refractivity contribution in [3.63, 3.8) is 0 Å². The third-order valence-corrected chi connectivity index (χ3v) is 6.65. The van der Waals surface area contributed by atoms with E-state index in [2.05, 4.69) is 5.32 Å². The lowest BCUT2D eigenvalue weighted by molar-refractivity contribution is -0.122. The molecule has 1 aliphatic heterocycles. The quantitative estimate of drug-likeness (QED) is 0.340. The second-order valence-electron chi connectivity index (χ2n) is 7.98. The maximum atomic E-state index is 12.8. The van der Waals surface area contributed by atoms with Crippen LogP contribution in [0.3, 0.4) is 0 Å². The molecule has 0 spiro atoms. The molecule has 1 aliphatic rings. The molecule has 0 aliphatic carbocycles. The van der Waals surface area contributed by atoms with E-state index in [1.807, 2.05) is 80.6 Å².